The number of aryl methyl sites for hydroxylation is 1. The van der Waals surface area contributed by atoms with Crippen LogP contribution in [0.25, 0.3) is 0 Å². The van der Waals surface area contributed by atoms with E-state index in [2.05, 4.69) is 10.0 Å². The molecule has 1 aromatic rings. The SMILES string of the molecule is COc1cc(C)c(C(C)C)cc1S(=O)(=O)NC1CCNC(=O)CC1. The molecule has 0 saturated carbocycles. The predicted molar refractivity (Wildman–Crippen MR) is 92.8 cm³/mol. The van der Waals surface area contributed by atoms with Gasteiger partial charge in [0.25, 0.3) is 0 Å². The van der Waals surface area contributed by atoms with Gasteiger partial charge in [-0.25, -0.2) is 13.1 Å². The first-order valence-electron chi connectivity index (χ1n) is 8.22. The van der Waals surface area contributed by atoms with Crippen LogP contribution in [0.15, 0.2) is 17.0 Å². The van der Waals surface area contributed by atoms with E-state index in [0.29, 0.717) is 31.6 Å². The summed E-state index contributed by atoms with van der Waals surface area (Å²) in [7, 11) is -2.25. The van der Waals surface area contributed by atoms with Crippen molar-refractivity contribution in [2.75, 3.05) is 13.7 Å². The number of ether oxygens (including phenoxy) is 1. The molecule has 1 aliphatic heterocycles. The van der Waals surface area contributed by atoms with Gasteiger partial charge in [0, 0.05) is 19.0 Å². The zero-order valence-corrected chi connectivity index (χ0v) is 15.5. The van der Waals surface area contributed by atoms with E-state index in [4.69, 9.17) is 4.74 Å². The van der Waals surface area contributed by atoms with Crippen molar-refractivity contribution in [3.8, 4) is 5.75 Å². The molecule has 2 rings (SSSR count). The number of benzene rings is 1. The molecule has 1 aliphatic rings. The number of sulfonamides is 1. The van der Waals surface area contributed by atoms with Gasteiger partial charge in [0.15, 0.2) is 0 Å². The Morgan fingerprint density at radius 3 is 2.62 bits per heavy atom. The highest BCUT2D eigenvalue weighted by Gasteiger charge is 2.26. The average Bonchev–Trinajstić information content (AvgIpc) is 2.70. The monoisotopic (exact) mass is 354 g/mol. The van der Waals surface area contributed by atoms with Gasteiger partial charge in [0.05, 0.1) is 7.11 Å². The Morgan fingerprint density at radius 2 is 2.00 bits per heavy atom. The number of carbonyl (C=O) groups excluding carboxylic acids is 1. The molecule has 6 nitrogen and oxygen atoms in total. The molecule has 1 heterocycles. The normalized spacial score (nSPS) is 19.0. The van der Waals surface area contributed by atoms with Crippen molar-refractivity contribution >= 4 is 15.9 Å². The molecular weight excluding hydrogens is 328 g/mol. The lowest BCUT2D eigenvalue weighted by Crippen LogP contribution is -2.35. The van der Waals surface area contributed by atoms with Gasteiger partial charge in [0.1, 0.15) is 10.6 Å². The van der Waals surface area contributed by atoms with E-state index in [1.807, 2.05) is 20.8 Å². The van der Waals surface area contributed by atoms with E-state index in [1.165, 1.54) is 7.11 Å². The maximum atomic E-state index is 12.9. The molecule has 134 valence electrons. The van der Waals surface area contributed by atoms with Gasteiger partial charge < -0.3 is 10.1 Å². The second-order valence-electron chi connectivity index (χ2n) is 6.51. The number of methoxy groups -OCH3 is 1. The van der Waals surface area contributed by atoms with Gasteiger partial charge >= 0.3 is 0 Å². The van der Waals surface area contributed by atoms with E-state index >= 15 is 0 Å². The summed E-state index contributed by atoms with van der Waals surface area (Å²) in [5, 5.41) is 2.76. The average molecular weight is 354 g/mol. The first kappa shape index (κ1) is 18.7. The third kappa shape index (κ3) is 4.27. The van der Waals surface area contributed by atoms with Gasteiger partial charge in [-0.1, -0.05) is 13.8 Å². The van der Waals surface area contributed by atoms with Gasteiger partial charge in [-0.2, -0.15) is 0 Å². The molecule has 1 saturated heterocycles. The number of amides is 1. The number of hydrogen-bond donors (Lipinski definition) is 2. The molecule has 0 bridgehead atoms. The third-order valence-corrected chi connectivity index (χ3v) is 5.86. The van der Waals surface area contributed by atoms with Crippen LogP contribution >= 0.6 is 0 Å². The predicted octanol–water partition coefficient (Wildman–Crippen LogP) is 2.07. The zero-order chi connectivity index (χ0) is 17.9. The fourth-order valence-corrected chi connectivity index (χ4v) is 4.48. The van der Waals surface area contributed by atoms with Crippen molar-refractivity contribution in [3.05, 3.63) is 23.3 Å². The van der Waals surface area contributed by atoms with Crippen LogP contribution < -0.4 is 14.8 Å². The molecule has 2 N–H and O–H groups in total. The van der Waals surface area contributed by atoms with Crippen LogP contribution in [0.5, 0.6) is 5.75 Å². The Morgan fingerprint density at radius 1 is 1.29 bits per heavy atom. The molecule has 0 radical (unpaired) electrons. The largest absolute Gasteiger partial charge is 0.495 e. The summed E-state index contributed by atoms with van der Waals surface area (Å²) in [5.74, 6) is 0.517. The highest BCUT2D eigenvalue weighted by atomic mass is 32.2. The minimum Gasteiger partial charge on any atom is -0.495 e. The zero-order valence-electron chi connectivity index (χ0n) is 14.7. The number of carbonyl (C=O) groups is 1. The van der Waals surface area contributed by atoms with E-state index < -0.39 is 10.0 Å². The van der Waals surface area contributed by atoms with Crippen LogP contribution in [0.4, 0.5) is 0 Å². The first-order valence-corrected chi connectivity index (χ1v) is 9.70. The molecule has 0 aliphatic carbocycles. The number of nitrogens with one attached hydrogen (secondary N) is 2. The van der Waals surface area contributed by atoms with E-state index in [9.17, 15) is 13.2 Å². The summed E-state index contributed by atoms with van der Waals surface area (Å²) in [6, 6.07) is 3.20. The Hall–Kier alpha value is -1.60. The Balaban J connectivity index is 2.34. The molecule has 1 aromatic carbocycles. The van der Waals surface area contributed by atoms with Crippen LogP contribution in [-0.4, -0.2) is 34.0 Å². The smallest absolute Gasteiger partial charge is 0.244 e. The van der Waals surface area contributed by atoms with Crippen LogP contribution in [0.2, 0.25) is 0 Å². The second kappa shape index (κ2) is 7.53. The molecule has 1 atom stereocenters. The van der Waals surface area contributed by atoms with Crippen LogP contribution in [0.3, 0.4) is 0 Å². The Labute approximate surface area is 144 Å². The van der Waals surface area contributed by atoms with Crippen molar-refractivity contribution in [2.24, 2.45) is 0 Å². The molecular formula is C17H26N2O4S. The summed E-state index contributed by atoms with van der Waals surface area (Å²) >= 11 is 0. The first-order chi connectivity index (χ1) is 11.2. The molecule has 24 heavy (non-hydrogen) atoms. The Bertz CT molecular complexity index is 714. The van der Waals surface area contributed by atoms with Crippen LogP contribution in [0, 0.1) is 6.92 Å². The van der Waals surface area contributed by atoms with Gasteiger partial charge in [-0.05, 0) is 48.9 Å². The topological polar surface area (TPSA) is 84.5 Å². The molecule has 1 amide bonds. The van der Waals surface area contributed by atoms with Gasteiger partial charge in [0.2, 0.25) is 15.9 Å². The minimum absolute atomic E-state index is 0.0355. The fraction of sp³-hybridized carbons (Fsp3) is 0.588. The fourth-order valence-electron chi connectivity index (χ4n) is 2.99. The second-order valence-corrected chi connectivity index (χ2v) is 8.19. The van der Waals surface area contributed by atoms with E-state index in [0.717, 1.165) is 11.1 Å². The highest BCUT2D eigenvalue weighted by molar-refractivity contribution is 7.89. The van der Waals surface area contributed by atoms with Gasteiger partial charge in [-0.3, -0.25) is 4.79 Å². The third-order valence-electron chi connectivity index (χ3n) is 4.32. The Kier molecular flexibility index (Phi) is 5.87. The number of hydrogen-bond acceptors (Lipinski definition) is 4. The van der Waals surface area contributed by atoms with Crippen molar-refractivity contribution < 1.29 is 17.9 Å². The molecule has 1 unspecified atom stereocenters. The molecule has 7 heteroatoms. The maximum absolute atomic E-state index is 12.9. The lowest BCUT2D eigenvalue weighted by atomic mass is 9.98. The van der Waals surface area contributed by atoms with Crippen molar-refractivity contribution in [1.29, 1.82) is 0 Å². The van der Waals surface area contributed by atoms with Crippen molar-refractivity contribution in [1.82, 2.24) is 10.0 Å². The summed E-state index contributed by atoms with van der Waals surface area (Å²) in [6.45, 7) is 6.49. The molecule has 1 fully saturated rings. The standard InChI is InChI=1S/C17H26N2O4S/c1-11(2)14-10-16(15(23-4)9-12(14)3)24(21,22)19-13-5-6-17(20)18-8-7-13/h9-11,13,19H,5-8H2,1-4H3,(H,18,20). The molecule has 0 spiro atoms. The van der Waals surface area contributed by atoms with Crippen molar-refractivity contribution in [2.45, 2.75) is 56.9 Å². The summed E-state index contributed by atoms with van der Waals surface area (Å²) in [6.07, 6.45) is 1.40. The van der Waals surface area contributed by atoms with Gasteiger partial charge in [-0.15, -0.1) is 0 Å². The van der Waals surface area contributed by atoms with Crippen LogP contribution in [0.1, 0.15) is 50.2 Å². The highest BCUT2D eigenvalue weighted by Crippen LogP contribution is 2.31. The summed E-state index contributed by atoms with van der Waals surface area (Å²) < 4.78 is 33.8. The van der Waals surface area contributed by atoms with E-state index in [-0.39, 0.29) is 22.8 Å². The maximum Gasteiger partial charge on any atom is 0.244 e. The lowest BCUT2D eigenvalue weighted by Gasteiger charge is -2.19. The summed E-state index contributed by atoms with van der Waals surface area (Å²) in [5.41, 5.74) is 1.99. The minimum atomic E-state index is -3.72. The molecule has 0 aromatic heterocycles. The quantitative estimate of drug-likeness (QED) is 0.848. The lowest BCUT2D eigenvalue weighted by molar-refractivity contribution is -0.120. The van der Waals surface area contributed by atoms with E-state index in [1.54, 1.807) is 12.1 Å². The number of rotatable bonds is 5. The summed E-state index contributed by atoms with van der Waals surface area (Å²) in [4.78, 5) is 11.6. The van der Waals surface area contributed by atoms with Crippen molar-refractivity contribution in [3.63, 3.8) is 0 Å². The van der Waals surface area contributed by atoms with Crippen LogP contribution in [-0.2, 0) is 14.8 Å².